The lowest BCUT2D eigenvalue weighted by Gasteiger charge is -2.34. The predicted molar refractivity (Wildman–Crippen MR) is 117 cm³/mol. The molecule has 0 amide bonds. The number of aromatic nitrogens is 1. The maximum Gasteiger partial charge on any atom is 0.255 e. The lowest BCUT2D eigenvalue weighted by atomic mass is 10.00. The number of para-hydroxylation sites is 1. The second kappa shape index (κ2) is 7.65. The number of pyridine rings is 1. The van der Waals surface area contributed by atoms with Crippen LogP contribution in [-0.4, -0.2) is 48.4 Å². The summed E-state index contributed by atoms with van der Waals surface area (Å²) in [4.78, 5) is 15.6. The smallest absolute Gasteiger partial charge is 0.255 e. The van der Waals surface area contributed by atoms with Gasteiger partial charge >= 0.3 is 0 Å². The molecule has 6 nitrogen and oxygen atoms in total. The Morgan fingerprint density at radius 1 is 0.867 bits per heavy atom. The molecule has 2 aliphatic rings. The summed E-state index contributed by atoms with van der Waals surface area (Å²) in [5.74, 6) is 0. The highest BCUT2D eigenvalue weighted by Gasteiger charge is 2.28. The largest absolute Gasteiger partial charge is 0.308 e. The fraction of sp³-hybridized carbons (Fsp3) is 0.348. The summed E-state index contributed by atoms with van der Waals surface area (Å²) in [6.45, 7) is 3.42. The summed E-state index contributed by atoms with van der Waals surface area (Å²) in [5, 5.41) is 1.12. The van der Waals surface area contributed by atoms with Gasteiger partial charge in [-0.2, -0.15) is 4.31 Å². The van der Waals surface area contributed by atoms with Crippen molar-refractivity contribution in [3.8, 4) is 0 Å². The topological polar surface area (TPSA) is 62.6 Å². The van der Waals surface area contributed by atoms with Crippen LogP contribution in [0.3, 0.4) is 0 Å². The van der Waals surface area contributed by atoms with Crippen LogP contribution in [-0.2, 0) is 29.5 Å². The minimum atomic E-state index is -3.46. The van der Waals surface area contributed by atoms with Crippen molar-refractivity contribution in [1.29, 1.82) is 0 Å². The third-order valence-electron chi connectivity index (χ3n) is 6.20. The van der Waals surface area contributed by atoms with Gasteiger partial charge in [0.05, 0.1) is 10.4 Å². The van der Waals surface area contributed by atoms with E-state index in [1.54, 1.807) is 28.6 Å². The lowest BCUT2D eigenvalue weighted by Crippen LogP contribution is -2.48. The van der Waals surface area contributed by atoms with Crippen LogP contribution in [0.15, 0.2) is 64.3 Å². The first-order chi connectivity index (χ1) is 14.5. The highest BCUT2D eigenvalue weighted by molar-refractivity contribution is 7.89. The Hall–Kier alpha value is -2.48. The van der Waals surface area contributed by atoms with Gasteiger partial charge in [0.2, 0.25) is 10.0 Å². The van der Waals surface area contributed by atoms with Gasteiger partial charge < -0.3 is 4.57 Å². The second-order valence-electron chi connectivity index (χ2n) is 8.08. The molecule has 5 rings (SSSR count). The Balaban J connectivity index is 1.35. The van der Waals surface area contributed by atoms with Crippen molar-refractivity contribution >= 4 is 20.9 Å². The third-order valence-corrected chi connectivity index (χ3v) is 8.12. The van der Waals surface area contributed by atoms with Gasteiger partial charge in [0.1, 0.15) is 0 Å². The van der Waals surface area contributed by atoms with Crippen molar-refractivity contribution < 1.29 is 8.42 Å². The van der Waals surface area contributed by atoms with Crippen molar-refractivity contribution in [1.82, 2.24) is 13.8 Å². The number of nitrogens with zero attached hydrogens (tertiary/aromatic N) is 3. The van der Waals surface area contributed by atoms with Crippen molar-refractivity contribution in [2.75, 3.05) is 26.2 Å². The monoisotopic (exact) mass is 423 g/mol. The standard InChI is InChI=1S/C23H25N3O3S/c27-23-20(16-19-7-4-6-18-8-5-11-26(23)22(18)19)17-24-12-14-25(15-13-24)30(28,29)21-9-2-1-3-10-21/h1-4,6-7,9-10,16H,5,8,11-15,17H2. The minimum Gasteiger partial charge on any atom is -0.308 e. The summed E-state index contributed by atoms with van der Waals surface area (Å²) in [5.41, 5.74) is 3.22. The Morgan fingerprint density at radius 3 is 2.40 bits per heavy atom. The minimum absolute atomic E-state index is 0.0917. The highest BCUT2D eigenvalue weighted by Crippen LogP contribution is 2.25. The van der Waals surface area contributed by atoms with Crippen LogP contribution >= 0.6 is 0 Å². The van der Waals surface area contributed by atoms with E-state index in [4.69, 9.17) is 0 Å². The molecule has 0 saturated carbocycles. The van der Waals surface area contributed by atoms with E-state index in [9.17, 15) is 13.2 Å². The van der Waals surface area contributed by atoms with Crippen LogP contribution in [0.2, 0.25) is 0 Å². The number of aryl methyl sites for hydroxylation is 2. The average molecular weight is 424 g/mol. The fourth-order valence-corrected chi connectivity index (χ4v) is 6.09. The Bertz CT molecular complexity index is 1240. The molecule has 2 aromatic carbocycles. The summed E-state index contributed by atoms with van der Waals surface area (Å²) in [6.07, 6.45) is 2.01. The number of hydrogen-bond donors (Lipinski definition) is 0. The van der Waals surface area contributed by atoms with Crippen LogP contribution < -0.4 is 5.56 Å². The quantitative estimate of drug-likeness (QED) is 0.647. The third kappa shape index (κ3) is 3.37. The van der Waals surface area contributed by atoms with E-state index < -0.39 is 10.0 Å². The molecule has 1 fully saturated rings. The maximum atomic E-state index is 13.1. The molecule has 0 radical (unpaired) electrons. The van der Waals surface area contributed by atoms with Gasteiger partial charge in [-0.25, -0.2) is 8.42 Å². The van der Waals surface area contributed by atoms with Crippen LogP contribution in [0.25, 0.3) is 10.9 Å². The number of piperazine rings is 1. The van der Waals surface area contributed by atoms with E-state index in [0.717, 1.165) is 35.9 Å². The number of benzene rings is 2. The van der Waals surface area contributed by atoms with Gasteiger partial charge in [-0.3, -0.25) is 9.69 Å². The molecule has 0 N–H and O–H groups in total. The molecule has 0 spiro atoms. The molecule has 2 aliphatic heterocycles. The van der Waals surface area contributed by atoms with Gasteiger partial charge in [-0.1, -0.05) is 36.4 Å². The second-order valence-corrected chi connectivity index (χ2v) is 10.0. The lowest BCUT2D eigenvalue weighted by molar-refractivity contribution is 0.181. The zero-order chi connectivity index (χ0) is 20.7. The Kier molecular flexibility index (Phi) is 4.97. The van der Waals surface area contributed by atoms with Crippen molar-refractivity contribution in [3.05, 3.63) is 76.1 Å². The van der Waals surface area contributed by atoms with Gasteiger partial charge in [0, 0.05) is 44.8 Å². The van der Waals surface area contributed by atoms with Gasteiger partial charge in [-0.05, 0) is 42.0 Å². The summed E-state index contributed by atoms with van der Waals surface area (Å²) in [7, 11) is -3.46. The summed E-state index contributed by atoms with van der Waals surface area (Å²) >= 11 is 0. The first-order valence-corrected chi connectivity index (χ1v) is 11.9. The molecule has 1 aromatic heterocycles. The Labute approximate surface area is 176 Å². The van der Waals surface area contributed by atoms with Crippen LogP contribution in [0.5, 0.6) is 0 Å². The molecule has 1 saturated heterocycles. The van der Waals surface area contributed by atoms with Gasteiger partial charge in [0.25, 0.3) is 5.56 Å². The van der Waals surface area contributed by atoms with E-state index in [1.807, 2.05) is 16.7 Å². The van der Waals surface area contributed by atoms with Gasteiger partial charge in [-0.15, -0.1) is 0 Å². The first kappa shape index (κ1) is 19.5. The number of rotatable bonds is 4. The zero-order valence-electron chi connectivity index (χ0n) is 16.8. The van der Waals surface area contributed by atoms with Crippen LogP contribution in [0.1, 0.15) is 17.5 Å². The number of hydrogen-bond acceptors (Lipinski definition) is 4. The SMILES string of the molecule is O=c1c(CN2CCN(S(=O)(=O)c3ccccc3)CC2)cc2cccc3c2n1CCC3. The summed E-state index contributed by atoms with van der Waals surface area (Å²) in [6, 6.07) is 16.9. The van der Waals surface area contributed by atoms with Crippen molar-refractivity contribution in [2.45, 2.75) is 30.8 Å². The van der Waals surface area contributed by atoms with E-state index in [1.165, 1.54) is 5.56 Å². The molecule has 0 bridgehead atoms. The molecule has 0 unspecified atom stereocenters. The fourth-order valence-electron chi connectivity index (χ4n) is 4.65. The van der Waals surface area contributed by atoms with E-state index in [0.29, 0.717) is 37.6 Å². The molecular formula is C23H25N3O3S. The first-order valence-electron chi connectivity index (χ1n) is 10.5. The normalized spacial score (nSPS) is 18.0. The maximum absolute atomic E-state index is 13.1. The molecule has 0 aliphatic carbocycles. The van der Waals surface area contributed by atoms with Gasteiger partial charge in [0.15, 0.2) is 0 Å². The van der Waals surface area contributed by atoms with Crippen molar-refractivity contribution in [3.63, 3.8) is 0 Å². The zero-order valence-corrected chi connectivity index (χ0v) is 17.6. The van der Waals surface area contributed by atoms with Crippen LogP contribution in [0, 0.1) is 0 Å². The van der Waals surface area contributed by atoms with E-state index in [2.05, 4.69) is 23.1 Å². The molecule has 156 valence electrons. The van der Waals surface area contributed by atoms with Crippen LogP contribution in [0.4, 0.5) is 0 Å². The highest BCUT2D eigenvalue weighted by atomic mass is 32.2. The average Bonchev–Trinajstić information content (AvgIpc) is 2.78. The molecule has 0 atom stereocenters. The van der Waals surface area contributed by atoms with E-state index in [-0.39, 0.29) is 5.56 Å². The molecule has 7 heteroatoms. The Morgan fingerprint density at radius 2 is 1.63 bits per heavy atom. The molecular weight excluding hydrogens is 398 g/mol. The predicted octanol–water partition coefficient (Wildman–Crippen LogP) is 2.45. The molecule has 3 aromatic rings. The van der Waals surface area contributed by atoms with Crippen molar-refractivity contribution in [2.24, 2.45) is 0 Å². The summed E-state index contributed by atoms with van der Waals surface area (Å²) < 4.78 is 29.1. The number of sulfonamides is 1. The molecule has 30 heavy (non-hydrogen) atoms. The molecule has 3 heterocycles. The van der Waals surface area contributed by atoms with E-state index >= 15 is 0 Å².